The van der Waals surface area contributed by atoms with Gasteiger partial charge >= 0.3 is 0 Å². The Morgan fingerprint density at radius 2 is 2.08 bits per heavy atom. The predicted octanol–water partition coefficient (Wildman–Crippen LogP) is 1.37. The zero-order valence-corrected chi connectivity index (χ0v) is 15.3. The number of amides is 1. The predicted molar refractivity (Wildman–Crippen MR) is 95.0 cm³/mol. The SMILES string of the molecule is CCCNC(=NCC(=O)N(C)C)NC1C2CCOC2C12CCCC2. The van der Waals surface area contributed by atoms with E-state index in [0.29, 0.717) is 23.5 Å². The Morgan fingerprint density at radius 1 is 1.33 bits per heavy atom. The summed E-state index contributed by atoms with van der Waals surface area (Å²) in [6.07, 6.45) is 7.73. The number of guanidine groups is 1. The maximum absolute atomic E-state index is 11.9. The van der Waals surface area contributed by atoms with Crippen molar-refractivity contribution in [1.29, 1.82) is 0 Å². The normalized spacial score (nSPS) is 30.8. The van der Waals surface area contributed by atoms with Crippen LogP contribution in [0, 0.1) is 11.3 Å². The number of carbonyl (C=O) groups is 1. The van der Waals surface area contributed by atoms with Crippen LogP contribution in [0.25, 0.3) is 0 Å². The first-order valence-electron chi connectivity index (χ1n) is 9.45. The first-order valence-corrected chi connectivity index (χ1v) is 9.45. The molecular formula is C18H32N4O2. The molecule has 0 aromatic heterocycles. The third-order valence-corrected chi connectivity index (χ3v) is 5.99. The molecule has 3 atom stereocenters. The van der Waals surface area contributed by atoms with Crippen LogP contribution in [0.3, 0.4) is 0 Å². The number of ether oxygens (including phenoxy) is 1. The number of carbonyl (C=O) groups excluding carboxylic acids is 1. The fourth-order valence-corrected chi connectivity index (χ4v) is 4.74. The summed E-state index contributed by atoms with van der Waals surface area (Å²) in [5.41, 5.74) is 0.293. The number of nitrogens with zero attached hydrogens (tertiary/aromatic N) is 2. The topological polar surface area (TPSA) is 66.0 Å². The lowest BCUT2D eigenvalue weighted by molar-refractivity contribution is -0.127. The van der Waals surface area contributed by atoms with E-state index in [9.17, 15) is 4.79 Å². The number of likely N-dealkylation sites (N-methyl/N-ethyl adjacent to an activating group) is 1. The van der Waals surface area contributed by atoms with Crippen molar-refractivity contribution in [2.75, 3.05) is 33.8 Å². The van der Waals surface area contributed by atoms with E-state index < -0.39 is 0 Å². The van der Waals surface area contributed by atoms with Crippen molar-refractivity contribution in [3.05, 3.63) is 0 Å². The Labute approximate surface area is 145 Å². The van der Waals surface area contributed by atoms with Crippen molar-refractivity contribution in [3.63, 3.8) is 0 Å². The van der Waals surface area contributed by atoms with Gasteiger partial charge in [0.05, 0.1) is 6.10 Å². The van der Waals surface area contributed by atoms with Gasteiger partial charge < -0.3 is 20.3 Å². The van der Waals surface area contributed by atoms with Gasteiger partial charge in [-0.2, -0.15) is 0 Å². The van der Waals surface area contributed by atoms with Crippen molar-refractivity contribution >= 4 is 11.9 Å². The number of hydrogen-bond acceptors (Lipinski definition) is 3. The summed E-state index contributed by atoms with van der Waals surface area (Å²) in [6, 6.07) is 0.435. The summed E-state index contributed by atoms with van der Waals surface area (Å²) < 4.78 is 6.05. The van der Waals surface area contributed by atoms with Crippen molar-refractivity contribution in [2.45, 2.75) is 57.6 Å². The van der Waals surface area contributed by atoms with Gasteiger partial charge in [0.2, 0.25) is 5.91 Å². The molecule has 1 saturated heterocycles. The van der Waals surface area contributed by atoms with Crippen LogP contribution in [0.5, 0.6) is 0 Å². The van der Waals surface area contributed by atoms with Gasteiger partial charge in [-0.15, -0.1) is 0 Å². The third kappa shape index (κ3) is 3.13. The van der Waals surface area contributed by atoms with Crippen molar-refractivity contribution < 1.29 is 9.53 Å². The number of hydrogen-bond donors (Lipinski definition) is 2. The molecule has 1 amide bonds. The van der Waals surface area contributed by atoms with E-state index in [1.54, 1.807) is 19.0 Å². The van der Waals surface area contributed by atoms with Gasteiger partial charge in [-0.25, -0.2) is 4.99 Å². The Hall–Kier alpha value is -1.30. The zero-order chi connectivity index (χ0) is 17.2. The highest BCUT2D eigenvalue weighted by Crippen LogP contribution is 2.60. The molecule has 0 aromatic carbocycles. The summed E-state index contributed by atoms with van der Waals surface area (Å²) >= 11 is 0. The lowest BCUT2D eigenvalue weighted by atomic mass is 9.54. The minimum absolute atomic E-state index is 0.0267. The quantitative estimate of drug-likeness (QED) is 0.588. The summed E-state index contributed by atoms with van der Waals surface area (Å²) in [4.78, 5) is 18.0. The first-order chi connectivity index (χ1) is 11.6. The number of fused-ring (bicyclic) bond motifs is 2. The smallest absolute Gasteiger partial charge is 0.243 e. The average Bonchev–Trinajstić information content (AvgIpc) is 3.22. The summed E-state index contributed by atoms with van der Waals surface area (Å²) in [6.45, 7) is 4.09. The Balaban J connectivity index is 1.69. The van der Waals surface area contributed by atoms with Crippen LogP contribution in [-0.4, -0.2) is 62.7 Å². The summed E-state index contributed by atoms with van der Waals surface area (Å²) in [5.74, 6) is 1.41. The minimum atomic E-state index is 0.0267. The van der Waals surface area contributed by atoms with Gasteiger partial charge in [0, 0.05) is 44.6 Å². The Morgan fingerprint density at radius 3 is 2.75 bits per heavy atom. The van der Waals surface area contributed by atoms with Gasteiger partial charge in [-0.1, -0.05) is 19.8 Å². The molecule has 3 fully saturated rings. The number of nitrogens with one attached hydrogen (secondary N) is 2. The van der Waals surface area contributed by atoms with Crippen LogP contribution in [0.2, 0.25) is 0 Å². The van der Waals surface area contributed by atoms with Gasteiger partial charge in [-0.3, -0.25) is 4.79 Å². The maximum Gasteiger partial charge on any atom is 0.243 e. The van der Waals surface area contributed by atoms with E-state index in [2.05, 4.69) is 22.5 Å². The highest BCUT2D eigenvalue weighted by Gasteiger charge is 2.65. The van der Waals surface area contributed by atoms with Gasteiger partial charge in [0.15, 0.2) is 5.96 Å². The molecule has 1 aliphatic heterocycles. The molecule has 2 N–H and O–H groups in total. The van der Waals surface area contributed by atoms with Crippen LogP contribution in [0.1, 0.15) is 45.4 Å². The molecule has 136 valence electrons. The lowest BCUT2D eigenvalue weighted by Gasteiger charge is -2.57. The van der Waals surface area contributed by atoms with E-state index in [-0.39, 0.29) is 12.5 Å². The summed E-state index contributed by atoms with van der Waals surface area (Å²) in [5, 5.41) is 7.05. The molecule has 1 heterocycles. The molecule has 6 heteroatoms. The van der Waals surface area contributed by atoms with Gasteiger partial charge in [0.1, 0.15) is 6.54 Å². The molecule has 1 spiro atoms. The standard InChI is InChI=1S/C18H32N4O2/c1-4-10-19-17(20-12-14(23)22(2)3)21-15-13-7-11-24-16(13)18(15)8-5-6-9-18/h13,15-16H,4-12H2,1-3H3,(H2,19,20,21). The second kappa shape index (κ2) is 7.30. The van der Waals surface area contributed by atoms with Crippen LogP contribution in [-0.2, 0) is 9.53 Å². The third-order valence-electron chi connectivity index (χ3n) is 5.99. The van der Waals surface area contributed by atoms with E-state index in [1.807, 2.05) is 0 Å². The first kappa shape index (κ1) is 17.5. The van der Waals surface area contributed by atoms with Crippen LogP contribution in [0.4, 0.5) is 0 Å². The van der Waals surface area contributed by atoms with E-state index in [0.717, 1.165) is 32.0 Å². The van der Waals surface area contributed by atoms with E-state index in [1.165, 1.54) is 25.7 Å². The molecule has 2 saturated carbocycles. The monoisotopic (exact) mass is 336 g/mol. The van der Waals surface area contributed by atoms with Gasteiger partial charge in [0.25, 0.3) is 0 Å². The highest BCUT2D eigenvalue weighted by molar-refractivity contribution is 5.85. The fourth-order valence-electron chi connectivity index (χ4n) is 4.74. The Bertz CT molecular complexity index is 485. The second-order valence-corrected chi connectivity index (χ2v) is 7.69. The van der Waals surface area contributed by atoms with Crippen LogP contribution in [0.15, 0.2) is 4.99 Å². The molecule has 3 aliphatic rings. The summed E-state index contributed by atoms with van der Waals surface area (Å²) in [7, 11) is 3.54. The molecular weight excluding hydrogens is 304 g/mol. The van der Waals surface area contributed by atoms with E-state index in [4.69, 9.17) is 4.74 Å². The fraction of sp³-hybridized carbons (Fsp3) is 0.889. The number of aliphatic imine (C=N–C) groups is 1. The maximum atomic E-state index is 11.9. The molecule has 24 heavy (non-hydrogen) atoms. The largest absolute Gasteiger partial charge is 0.377 e. The van der Waals surface area contributed by atoms with E-state index >= 15 is 0 Å². The van der Waals surface area contributed by atoms with Crippen molar-refractivity contribution in [2.24, 2.45) is 16.3 Å². The van der Waals surface area contributed by atoms with Gasteiger partial charge in [-0.05, 0) is 25.7 Å². The van der Waals surface area contributed by atoms with Crippen LogP contribution < -0.4 is 10.6 Å². The molecule has 3 rings (SSSR count). The molecule has 6 nitrogen and oxygen atoms in total. The van der Waals surface area contributed by atoms with Crippen molar-refractivity contribution in [1.82, 2.24) is 15.5 Å². The molecule has 0 bridgehead atoms. The lowest BCUT2D eigenvalue weighted by Crippen LogP contribution is -2.69. The zero-order valence-electron chi connectivity index (χ0n) is 15.3. The minimum Gasteiger partial charge on any atom is -0.377 e. The Kier molecular flexibility index (Phi) is 5.33. The molecule has 0 radical (unpaired) electrons. The number of rotatable bonds is 5. The molecule has 3 unspecified atom stereocenters. The van der Waals surface area contributed by atoms with Crippen molar-refractivity contribution in [3.8, 4) is 0 Å². The average molecular weight is 336 g/mol. The van der Waals surface area contributed by atoms with Crippen LogP contribution >= 0.6 is 0 Å². The highest BCUT2D eigenvalue weighted by atomic mass is 16.5. The molecule has 2 aliphatic carbocycles. The second-order valence-electron chi connectivity index (χ2n) is 7.69. The molecule has 0 aromatic rings.